The molecule has 2 aromatic rings. The van der Waals surface area contributed by atoms with Gasteiger partial charge in [0.2, 0.25) is 0 Å². The highest BCUT2D eigenvalue weighted by atomic mass is 32.1. The molecule has 20 heavy (non-hydrogen) atoms. The van der Waals surface area contributed by atoms with Crippen molar-refractivity contribution in [1.29, 1.82) is 0 Å². The van der Waals surface area contributed by atoms with Crippen LogP contribution in [0, 0.1) is 0 Å². The number of nitrogens with zero attached hydrogens (tertiary/aromatic N) is 1. The lowest BCUT2D eigenvalue weighted by Gasteiger charge is -2.10. The predicted molar refractivity (Wildman–Crippen MR) is 75.8 cm³/mol. The molecule has 106 valence electrons. The highest BCUT2D eigenvalue weighted by molar-refractivity contribution is 7.07. The van der Waals surface area contributed by atoms with Gasteiger partial charge in [0.15, 0.2) is 0 Å². The Hall–Kier alpha value is -1.99. The molecular weight excluding hydrogens is 278 g/mol. The van der Waals surface area contributed by atoms with Crippen molar-refractivity contribution in [3.8, 4) is 0 Å². The maximum atomic E-state index is 11.9. The number of carbonyl (C=O) groups is 1. The first-order valence-corrected chi connectivity index (χ1v) is 7.12. The summed E-state index contributed by atoms with van der Waals surface area (Å²) in [6.07, 6.45) is 1.06. The van der Waals surface area contributed by atoms with Crippen molar-refractivity contribution in [1.82, 2.24) is 15.3 Å². The van der Waals surface area contributed by atoms with Crippen molar-refractivity contribution < 1.29 is 9.90 Å². The van der Waals surface area contributed by atoms with Crippen LogP contribution < -0.4 is 10.9 Å². The second-order valence-electron chi connectivity index (χ2n) is 4.21. The zero-order chi connectivity index (χ0) is 14.5. The molecule has 0 aliphatic heterocycles. The summed E-state index contributed by atoms with van der Waals surface area (Å²) >= 11 is 1.47. The highest BCUT2D eigenvalue weighted by Crippen LogP contribution is 2.15. The van der Waals surface area contributed by atoms with Crippen molar-refractivity contribution in [2.45, 2.75) is 19.4 Å². The second-order valence-corrected chi connectivity index (χ2v) is 4.99. The van der Waals surface area contributed by atoms with Crippen LogP contribution in [0.3, 0.4) is 0 Å². The number of rotatable bonds is 5. The van der Waals surface area contributed by atoms with Gasteiger partial charge in [0.25, 0.3) is 11.5 Å². The largest absolute Gasteiger partial charge is 0.387 e. The van der Waals surface area contributed by atoms with E-state index in [4.69, 9.17) is 0 Å². The normalized spacial score (nSPS) is 12.1. The van der Waals surface area contributed by atoms with Crippen LogP contribution in [0.2, 0.25) is 0 Å². The Labute approximate surface area is 119 Å². The number of hydrogen-bond donors (Lipinski definition) is 3. The van der Waals surface area contributed by atoms with E-state index in [2.05, 4.69) is 15.3 Å². The molecule has 0 aliphatic rings. The van der Waals surface area contributed by atoms with E-state index in [0.717, 1.165) is 5.56 Å². The van der Waals surface area contributed by atoms with E-state index in [1.807, 2.05) is 12.3 Å². The minimum Gasteiger partial charge on any atom is -0.387 e. The van der Waals surface area contributed by atoms with Crippen molar-refractivity contribution in [2.24, 2.45) is 0 Å². The van der Waals surface area contributed by atoms with Gasteiger partial charge in [-0.05, 0) is 22.4 Å². The molecular formula is C13H15N3O3S. The number of aliphatic hydroxyl groups is 1. The van der Waals surface area contributed by atoms with E-state index >= 15 is 0 Å². The molecule has 2 aromatic heterocycles. The molecule has 7 heteroatoms. The molecule has 0 saturated heterocycles. The lowest BCUT2D eigenvalue weighted by atomic mass is 10.2. The van der Waals surface area contributed by atoms with Gasteiger partial charge in [0.05, 0.1) is 6.10 Å². The number of H-pyrrole nitrogens is 1. The lowest BCUT2D eigenvalue weighted by Crippen LogP contribution is -2.33. The van der Waals surface area contributed by atoms with Crippen LogP contribution >= 0.6 is 11.3 Å². The summed E-state index contributed by atoms with van der Waals surface area (Å²) in [7, 11) is 0. The number of aromatic amines is 1. The van der Waals surface area contributed by atoms with Gasteiger partial charge in [-0.2, -0.15) is 11.3 Å². The fourth-order valence-corrected chi connectivity index (χ4v) is 2.35. The number of aryl methyl sites for hydroxylation is 1. The van der Waals surface area contributed by atoms with Crippen LogP contribution in [0.4, 0.5) is 0 Å². The van der Waals surface area contributed by atoms with Gasteiger partial charge in [-0.3, -0.25) is 9.59 Å². The number of thiophene rings is 1. The Morgan fingerprint density at radius 3 is 3.00 bits per heavy atom. The van der Waals surface area contributed by atoms with Gasteiger partial charge in [0.1, 0.15) is 11.4 Å². The smallest absolute Gasteiger partial charge is 0.263 e. The molecule has 1 atom stereocenters. The van der Waals surface area contributed by atoms with Crippen LogP contribution in [0.5, 0.6) is 0 Å². The van der Waals surface area contributed by atoms with E-state index in [-0.39, 0.29) is 12.1 Å². The minimum atomic E-state index is -0.785. The topological polar surface area (TPSA) is 95.1 Å². The molecule has 0 aromatic carbocycles. The van der Waals surface area contributed by atoms with E-state index in [0.29, 0.717) is 12.2 Å². The molecule has 0 fully saturated rings. The SMILES string of the molecule is CCc1ncc(C(=O)NCC(O)c2ccsc2)c(=O)[nH]1. The average Bonchev–Trinajstić information content (AvgIpc) is 2.98. The first-order chi connectivity index (χ1) is 9.61. The number of amides is 1. The molecule has 0 bridgehead atoms. The number of hydrogen-bond acceptors (Lipinski definition) is 5. The molecule has 1 amide bonds. The van der Waals surface area contributed by atoms with Gasteiger partial charge >= 0.3 is 0 Å². The van der Waals surface area contributed by atoms with Crippen molar-refractivity contribution in [3.05, 3.63) is 50.3 Å². The number of aromatic nitrogens is 2. The fraction of sp³-hybridized carbons (Fsp3) is 0.308. The third-order valence-electron chi connectivity index (χ3n) is 2.82. The summed E-state index contributed by atoms with van der Waals surface area (Å²) in [5, 5.41) is 16.0. The maximum Gasteiger partial charge on any atom is 0.263 e. The van der Waals surface area contributed by atoms with E-state index in [1.54, 1.807) is 11.4 Å². The number of aliphatic hydroxyl groups excluding tert-OH is 1. The number of carbonyl (C=O) groups excluding carboxylic acids is 1. The molecule has 3 N–H and O–H groups in total. The second kappa shape index (κ2) is 6.44. The predicted octanol–water partition coefficient (Wildman–Crippen LogP) is 0.857. The molecule has 2 heterocycles. The van der Waals surface area contributed by atoms with Crippen LogP contribution in [0.15, 0.2) is 27.8 Å². The monoisotopic (exact) mass is 293 g/mol. The Bertz CT molecular complexity index is 637. The van der Waals surface area contributed by atoms with E-state index in [1.165, 1.54) is 17.5 Å². The van der Waals surface area contributed by atoms with Crippen LogP contribution in [-0.4, -0.2) is 27.5 Å². The molecule has 0 aliphatic carbocycles. The first-order valence-electron chi connectivity index (χ1n) is 6.18. The van der Waals surface area contributed by atoms with Gasteiger partial charge in [0, 0.05) is 19.2 Å². The zero-order valence-electron chi connectivity index (χ0n) is 10.9. The summed E-state index contributed by atoms with van der Waals surface area (Å²) in [6.45, 7) is 1.90. The van der Waals surface area contributed by atoms with Gasteiger partial charge < -0.3 is 15.4 Å². The van der Waals surface area contributed by atoms with Crippen LogP contribution in [-0.2, 0) is 6.42 Å². The van der Waals surface area contributed by atoms with Crippen molar-refractivity contribution in [2.75, 3.05) is 6.54 Å². The van der Waals surface area contributed by atoms with Gasteiger partial charge in [-0.15, -0.1) is 0 Å². The van der Waals surface area contributed by atoms with Gasteiger partial charge in [-0.1, -0.05) is 6.92 Å². The summed E-state index contributed by atoms with van der Waals surface area (Å²) in [5.41, 5.74) is 0.211. The molecule has 6 nitrogen and oxygen atoms in total. The third-order valence-corrected chi connectivity index (χ3v) is 3.52. The summed E-state index contributed by atoms with van der Waals surface area (Å²) in [6, 6.07) is 1.78. The van der Waals surface area contributed by atoms with Crippen LogP contribution in [0.1, 0.15) is 34.8 Å². The Kier molecular flexibility index (Phi) is 4.65. The maximum absolute atomic E-state index is 11.9. The summed E-state index contributed by atoms with van der Waals surface area (Å²) in [5.74, 6) is -0.0134. The van der Waals surface area contributed by atoms with E-state index in [9.17, 15) is 14.7 Å². The Balaban J connectivity index is 2.00. The molecule has 0 spiro atoms. The highest BCUT2D eigenvalue weighted by Gasteiger charge is 2.14. The van der Waals surface area contributed by atoms with Gasteiger partial charge in [-0.25, -0.2) is 4.98 Å². The number of nitrogens with one attached hydrogen (secondary N) is 2. The minimum absolute atomic E-state index is 0.0462. The Morgan fingerprint density at radius 2 is 2.40 bits per heavy atom. The van der Waals surface area contributed by atoms with Crippen LogP contribution in [0.25, 0.3) is 0 Å². The standard InChI is InChI=1S/C13H15N3O3S/c1-2-11-14-5-9(13(19)16-11)12(18)15-6-10(17)8-3-4-20-7-8/h3-5,7,10,17H,2,6H2,1H3,(H,15,18)(H,14,16,19). The van der Waals surface area contributed by atoms with E-state index < -0.39 is 17.6 Å². The zero-order valence-corrected chi connectivity index (χ0v) is 11.7. The lowest BCUT2D eigenvalue weighted by molar-refractivity contribution is 0.0914. The van der Waals surface area contributed by atoms with Crippen molar-refractivity contribution >= 4 is 17.2 Å². The molecule has 2 rings (SSSR count). The molecule has 1 unspecified atom stereocenters. The summed E-state index contributed by atoms with van der Waals surface area (Å²) in [4.78, 5) is 30.1. The fourth-order valence-electron chi connectivity index (χ4n) is 1.64. The first kappa shape index (κ1) is 14.4. The Morgan fingerprint density at radius 1 is 1.60 bits per heavy atom. The average molecular weight is 293 g/mol. The summed E-state index contributed by atoms with van der Waals surface area (Å²) < 4.78 is 0. The van der Waals surface area contributed by atoms with Crippen molar-refractivity contribution in [3.63, 3.8) is 0 Å². The molecule has 0 saturated carbocycles. The molecule has 0 radical (unpaired) electrons. The third kappa shape index (κ3) is 3.31. The quantitative estimate of drug-likeness (QED) is 0.762.